The first kappa shape index (κ1) is 11.7. The van der Waals surface area contributed by atoms with E-state index in [4.69, 9.17) is 4.52 Å². The maximum absolute atomic E-state index is 5.19. The molecule has 0 bridgehead atoms. The number of hydrogen-bond acceptors (Lipinski definition) is 5. The van der Waals surface area contributed by atoms with Crippen LogP contribution in [0.2, 0.25) is 0 Å². The van der Waals surface area contributed by atoms with E-state index in [1.165, 1.54) is 12.8 Å². The minimum absolute atomic E-state index is 0.709. The van der Waals surface area contributed by atoms with Gasteiger partial charge in [0.05, 0.1) is 10.6 Å². The molecule has 3 nitrogen and oxygen atoms in total. The molecule has 0 aliphatic heterocycles. The summed E-state index contributed by atoms with van der Waals surface area (Å²) >= 11 is 3.48. The second-order valence-electron chi connectivity index (χ2n) is 3.40. The molecule has 0 saturated heterocycles. The largest absolute Gasteiger partial charge is 0.338 e. The number of rotatable bonds is 6. The normalized spacial score (nSPS) is 10.8. The van der Waals surface area contributed by atoms with E-state index in [-0.39, 0.29) is 0 Å². The molecule has 2 aromatic heterocycles. The third-order valence-electron chi connectivity index (χ3n) is 2.08. The van der Waals surface area contributed by atoms with Gasteiger partial charge in [-0.3, -0.25) is 0 Å². The van der Waals surface area contributed by atoms with Crippen molar-refractivity contribution in [1.82, 2.24) is 10.1 Å². The van der Waals surface area contributed by atoms with Crippen LogP contribution in [0, 0.1) is 0 Å². The number of thiophene rings is 1. The van der Waals surface area contributed by atoms with E-state index in [2.05, 4.69) is 17.1 Å². The molecule has 2 heterocycles. The third kappa shape index (κ3) is 3.09. The fourth-order valence-electron chi connectivity index (χ4n) is 1.23. The van der Waals surface area contributed by atoms with Gasteiger partial charge in [0, 0.05) is 0 Å². The lowest BCUT2D eigenvalue weighted by atomic mass is 10.4. The molecule has 16 heavy (non-hydrogen) atoms. The summed E-state index contributed by atoms with van der Waals surface area (Å²) in [5.41, 5.74) is 0. The molecule has 86 valence electrons. The standard InChI is InChI=1S/C11H14N2OS2/c1-2-3-6-15-8-10-12-11(13-14-10)9-5-4-7-16-9/h4-5,7H,2-3,6,8H2,1H3. The second kappa shape index (κ2) is 6.06. The Morgan fingerprint density at radius 3 is 3.19 bits per heavy atom. The average Bonchev–Trinajstić information content (AvgIpc) is 2.94. The summed E-state index contributed by atoms with van der Waals surface area (Å²) in [6.07, 6.45) is 2.48. The molecule has 0 amide bonds. The first-order chi connectivity index (χ1) is 7.90. The highest BCUT2D eigenvalue weighted by molar-refractivity contribution is 7.98. The quantitative estimate of drug-likeness (QED) is 0.734. The fraction of sp³-hybridized carbons (Fsp3) is 0.455. The molecule has 0 unspecified atom stereocenters. The molecule has 0 aliphatic carbocycles. The Balaban J connectivity index is 1.88. The van der Waals surface area contributed by atoms with Crippen LogP contribution in [0.4, 0.5) is 0 Å². The Morgan fingerprint density at radius 1 is 1.50 bits per heavy atom. The molecule has 0 atom stereocenters. The maximum Gasteiger partial charge on any atom is 0.236 e. The van der Waals surface area contributed by atoms with Crippen molar-refractivity contribution in [2.24, 2.45) is 0 Å². The Labute approximate surface area is 103 Å². The Morgan fingerprint density at radius 2 is 2.44 bits per heavy atom. The number of thioether (sulfide) groups is 1. The SMILES string of the molecule is CCCCSCc1nc(-c2cccs2)no1. The van der Waals surface area contributed by atoms with Gasteiger partial charge in [-0.05, 0) is 23.6 Å². The molecule has 5 heteroatoms. The van der Waals surface area contributed by atoms with Gasteiger partial charge >= 0.3 is 0 Å². The predicted octanol–water partition coefficient (Wildman–Crippen LogP) is 3.83. The van der Waals surface area contributed by atoms with Crippen LogP contribution >= 0.6 is 23.1 Å². The molecule has 0 aromatic carbocycles. The van der Waals surface area contributed by atoms with E-state index in [0.717, 1.165) is 22.3 Å². The number of hydrogen-bond donors (Lipinski definition) is 0. The van der Waals surface area contributed by atoms with Gasteiger partial charge < -0.3 is 4.52 Å². The van der Waals surface area contributed by atoms with Crippen molar-refractivity contribution in [1.29, 1.82) is 0 Å². The van der Waals surface area contributed by atoms with E-state index in [1.54, 1.807) is 11.3 Å². The van der Waals surface area contributed by atoms with E-state index in [9.17, 15) is 0 Å². The molecule has 2 aromatic rings. The topological polar surface area (TPSA) is 38.9 Å². The number of nitrogens with zero attached hydrogens (tertiary/aromatic N) is 2. The van der Waals surface area contributed by atoms with Gasteiger partial charge in [-0.25, -0.2) is 0 Å². The van der Waals surface area contributed by atoms with Crippen molar-refractivity contribution in [3.05, 3.63) is 23.4 Å². The zero-order valence-corrected chi connectivity index (χ0v) is 10.8. The van der Waals surface area contributed by atoms with Crippen molar-refractivity contribution in [3.63, 3.8) is 0 Å². The summed E-state index contributed by atoms with van der Waals surface area (Å²) in [6.45, 7) is 2.20. The van der Waals surface area contributed by atoms with Crippen LogP contribution in [0.15, 0.2) is 22.0 Å². The minimum Gasteiger partial charge on any atom is -0.338 e. The van der Waals surface area contributed by atoms with E-state index in [0.29, 0.717) is 5.82 Å². The summed E-state index contributed by atoms with van der Waals surface area (Å²) < 4.78 is 5.19. The van der Waals surface area contributed by atoms with E-state index in [1.807, 2.05) is 29.3 Å². The maximum atomic E-state index is 5.19. The van der Waals surface area contributed by atoms with Gasteiger partial charge in [0.1, 0.15) is 0 Å². The third-order valence-corrected chi connectivity index (χ3v) is 3.97. The predicted molar refractivity (Wildman–Crippen MR) is 68.7 cm³/mol. The van der Waals surface area contributed by atoms with Crippen molar-refractivity contribution in [2.75, 3.05) is 5.75 Å². The van der Waals surface area contributed by atoms with Crippen LogP contribution in [0.3, 0.4) is 0 Å². The van der Waals surface area contributed by atoms with Gasteiger partial charge in [0.15, 0.2) is 0 Å². The highest BCUT2D eigenvalue weighted by Crippen LogP contribution is 2.22. The van der Waals surface area contributed by atoms with Gasteiger partial charge in [0.2, 0.25) is 11.7 Å². The van der Waals surface area contributed by atoms with Crippen LogP contribution in [0.5, 0.6) is 0 Å². The summed E-state index contributed by atoms with van der Waals surface area (Å²) in [7, 11) is 0. The van der Waals surface area contributed by atoms with Crippen LogP contribution < -0.4 is 0 Å². The smallest absolute Gasteiger partial charge is 0.236 e. The Bertz CT molecular complexity index is 411. The summed E-state index contributed by atoms with van der Waals surface area (Å²) in [5.74, 6) is 3.41. The molecular weight excluding hydrogens is 240 g/mol. The van der Waals surface area contributed by atoms with Crippen molar-refractivity contribution < 1.29 is 4.52 Å². The Hall–Kier alpha value is -0.810. The molecule has 0 radical (unpaired) electrons. The van der Waals surface area contributed by atoms with Crippen molar-refractivity contribution in [3.8, 4) is 10.7 Å². The minimum atomic E-state index is 0.709. The number of unbranched alkanes of at least 4 members (excludes halogenated alkanes) is 1. The summed E-state index contributed by atoms with van der Waals surface area (Å²) in [5, 5.41) is 5.98. The molecular formula is C11H14N2OS2. The first-order valence-electron chi connectivity index (χ1n) is 5.34. The van der Waals surface area contributed by atoms with Crippen LogP contribution in [0.1, 0.15) is 25.7 Å². The molecule has 0 spiro atoms. The highest BCUT2D eigenvalue weighted by atomic mass is 32.2. The fourth-order valence-corrected chi connectivity index (χ4v) is 2.80. The van der Waals surface area contributed by atoms with Crippen molar-refractivity contribution >= 4 is 23.1 Å². The first-order valence-corrected chi connectivity index (χ1v) is 7.38. The van der Waals surface area contributed by atoms with E-state index < -0.39 is 0 Å². The van der Waals surface area contributed by atoms with Gasteiger partial charge in [-0.15, -0.1) is 11.3 Å². The molecule has 0 saturated carbocycles. The zero-order valence-electron chi connectivity index (χ0n) is 9.18. The molecule has 0 aliphatic rings. The Kier molecular flexibility index (Phi) is 4.42. The van der Waals surface area contributed by atoms with Crippen LogP contribution in [-0.4, -0.2) is 15.9 Å². The molecule has 0 N–H and O–H groups in total. The van der Waals surface area contributed by atoms with Crippen LogP contribution in [0.25, 0.3) is 10.7 Å². The number of aromatic nitrogens is 2. The van der Waals surface area contributed by atoms with Crippen molar-refractivity contribution in [2.45, 2.75) is 25.5 Å². The van der Waals surface area contributed by atoms with Crippen LogP contribution in [-0.2, 0) is 5.75 Å². The highest BCUT2D eigenvalue weighted by Gasteiger charge is 2.08. The van der Waals surface area contributed by atoms with Gasteiger partial charge in [0.25, 0.3) is 0 Å². The summed E-state index contributed by atoms with van der Waals surface area (Å²) in [6, 6.07) is 4.00. The summed E-state index contributed by atoms with van der Waals surface area (Å²) in [4.78, 5) is 5.43. The molecule has 0 fully saturated rings. The lowest BCUT2D eigenvalue weighted by molar-refractivity contribution is 0.392. The monoisotopic (exact) mass is 254 g/mol. The zero-order chi connectivity index (χ0) is 11.2. The van der Waals surface area contributed by atoms with Gasteiger partial charge in [-0.2, -0.15) is 16.7 Å². The molecule has 2 rings (SSSR count). The second-order valence-corrected chi connectivity index (χ2v) is 5.45. The average molecular weight is 254 g/mol. The lowest BCUT2D eigenvalue weighted by Gasteiger charge is -1.94. The van der Waals surface area contributed by atoms with E-state index >= 15 is 0 Å². The lowest BCUT2D eigenvalue weighted by Crippen LogP contribution is -1.83. The van der Waals surface area contributed by atoms with Gasteiger partial charge in [-0.1, -0.05) is 24.6 Å².